The van der Waals surface area contributed by atoms with E-state index in [9.17, 15) is 29.0 Å². The average Bonchev–Trinajstić information content (AvgIpc) is 3.48. The third-order valence-corrected chi connectivity index (χ3v) is 9.10. The summed E-state index contributed by atoms with van der Waals surface area (Å²) in [5.74, 6) is 0.651. The van der Waals surface area contributed by atoms with Crippen LogP contribution in [0.1, 0.15) is 26.0 Å². The maximum atomic E-state index is 13.2. The van der Waals surface area contributed by atoms with Gasteiger partial charge < -0.3 is 34.1 Å². The Bertz CT molecular complexity index is 1590. The molecule has 3 aromatic rings. The van der Waals surface area contributed by atoms with Crippen LogP contribution in [0.3, 0.4) is 0 Å². The SMILES string of the molecule is CC[C@H]1OC(O)C(NS(=O)(=O)/C(C#N)=C(\C)c2ccc(-c3ccc4cc(N5CCOCC5)ccc4c3)o2)[C@@H](O)[C@@H]1O. The molecule has 2 unspecified atom stereocenters. The largest absolute Gasteiger partial charge is 0.456 e. The van der Waals surface area contributed by atoms with Crippen LogP contribution >= 0.6 is 0 Å². The van der Waals surface area contributed by atoms with Crippen molar-refractivity contribution in [2.75, 3.05) is 31.2 Å². The number of rotatable bonds is 7. The molecule has 5 rings (SSSR count). The normalized spacial score (nSPS) is 26.0. The number of aliphatic hydroxyl groups excluding tert-OH is 3. The van der Waals surface area contributed by atoms with Gasteiger partial charge in [-0.05, 0) is 54.4 Å². The number of ether oxygens (including phenoxy) is 2. The van der Waals surface area contributed by atoms with Crippen molar-refractivity contribution in [2.45, 2.75) is 50.9 Å². The Morgan fingerprint density at radius 2 is 1.76 bits per heavy atom. The average molecular weight is 584 g/mol. The summed E-state index contributed by atoms with van der Waals surface area (Å²) in [6.07, 6.45) is -5.36. The number of nitriles is 1. The van der Waals surface area contributed by atoms with Gasteiger partial charge in [-0.25, -0.2) is 8.42 Å². The molecule has 2 saturated heterocycles. The number of morpholine rings is 1. The van der Waals surface area contributed by atoms with Crippen LogP contribution in [0.25, 0.3) is 27.7 Å². The molecule has 2 aromatic carbocycles. The standard InChI is InChI=1S/C29H33N3O8S/c1-3-22-27(33)28(34)26(29(35)40-22)31-41(36,37)25(16-30)17(2)23-8-9-24(39-23)20-5-4-19-15-21(7-6-18(19)14-20)32-10-12-38-13-11-32/h4-9,14-15,22,26-29,31,33-35H,3,10-13H2,1-2H3/b25-17+/t22-,26?,27-,28-,29?/m1/s1. The van der Waals surface area contributed by atoms with Gasteiger partial charge in [0.2, 0.25) is 0 Å². The van der Waals surface area contributed by atoms with Gasteiger partial charge in [0.15, 0.2) is 11.2 Å². The summed E-state index contributed by atoms with van der Waals surface area (Å²) >= 11 is 0. The fourth-order valence-corrected chi connectivity index (χ4v) is 6.56. The van der Waals surface area contributed by atoms with E-state index >= 15 is 0 Å². The van der Waals surface area contributed by atoms with E-state index in [-0.39, 0.29) is 11.3 Å². The molecule has 3 heterocycles. The number of hydrogen-bond acceptors (Lipinski definition) is 10. The van der Waals surface area contributed by atoms with Crippen molar-refractivity contribution in [1.29, 1.82) is 5.26 Å². The van der Waals surface area contributed by atoms with E-state index in [1.807, 2.05) is 24.3 Å². The highest BCUT2D eigenvalue weighted by Gasteiger charge is 2.45. The van der Waals surface area contributed by atoms with Gasteiger partial charge in [0, 0.05) is 29.9 Å². The maximum absolute atomic E-state index is 13.2. The van der Waals surface area contributed by atoms with Crippen LogP contribution in [0.5, 0.6) is 0 Å². The Morgan fingerprint density at radius 3 is 2.46 bits per heavy atom. The first-order valence-electron chi connectivity index (χ1n) is 13.4. The third kappa shape index (κ3) is 5.89. The van der Waals surface area contributed by atoms with Gasteiger partial charge >= 0.3 is 0 Å². The lowest BCUT2D eigenvalue weighted by Gasteiger charge is -2.40. The molecule has 0 amide bonds. The second kappa shape index (κ2) is 11.9. The van der Waals surface area contributed by atoms with Crippen molar-refractivity contribution in [3.05, 3.63) is 59.2 Å². The number of aliphatic hydroxyl groups is 3. The molecule has 1 aromatic heterocycles. The summed E-state index contributed by atoms with van der Waals surface area (Å²) < 4.78 is 45.1. The minimum Gasteiger partial charge on any atom is -0.456 e. The molecule has 0 aliphatic carbocycles. The number of hydrogen-bond donors (Lipinski definition) is 4. The lowest BCUT2D eigenvalue weighted by Crippen LogP contribution is -2.63. The van der Waals surface area contributed by atoms with Crippen LogP contribution in [0.4, 0.5) is 5.69 Å². The summed E-state index contributed by atoms with van der Waals surface area (Å²) in [7, 11) is -4.55. The molecule has 2 aliphatic rings. The molecule has 0 radical (unpaired) electrons. The zero-order chi connectivity index (χ0) is 29.3. The van der Waals surface area contributed by atoms with Gasteiger partial charge in [-0.3, -0.25) is 0 Å². The van der Waals surface area contributed by atoms with E-state index in [1.165, 1.54) is 6.92 Å². The number of sulfonamides is 1. The van der Waals surface area contributed by atoms with Crippen molar-refractivity contribution in [2.24, 2.45) is 0 Å². The Morgan fingerprint density at radius 1 is 1.05 bits per heavy atom. The Labute approximate surface area is 238 Å². The predicted molar refractivity (Wildman–Crippen MR) is 152 cm³/mol. The summed E-state index contributed by atoms with van der Waals surface area (Å²) in [5, 5.41) is 42.8. The summed E-state index contributed by atoms with van der Waals surface area (Å²) in [4.78, 5) is 1.63. The highest BCUT2D eigenvalue weighted by molar-refractivity contribution is 7.93. The Balaban J connectivity index is 1.38. The predicted octanol–water partition coefficient (Wildman–Crippen LogP) is 2.33. The number of allylic oxidation sites excluding steroid dienone is 2. The van der Waals surface area contributed by atoms with Gasteiger partial charge in [0.05, 0.1) is 19.3 Å². The van der Waals surface area contributed by atoms with Gasteiger partial charge in [0.1, 0.15) is 35.8 Å². The van der Waals surface area contributed by atoms with Crippen molar-refractivity contribution >= 4 is 32.1 Å². The zero-order valence-electron chi connectivity index (χ0n) is 22.7. The number of anilines is 1. The highest BCUT2D eigenvalue weighted by Crippen LogP contribution is 2.32. The first-order chi connectivity index (χ1) is 19.6. The van der Waals surface area contributed by atoms with Crippen molar-refractivity contribution in [3.8, 4) is 17.4 Å². The molecular weight excluding hydrogens is 550 g/mol. The van der Waals surface area contributed by atoms with Gasteiger partial charge in [0.25, 0.3) is 10.0 Å². The fourth-order valence-electron chi connectivity index (χ4n) is 5.21. The Hall–Kier alpha value is -3.28. The van der Waals surface area contributed by atoms with Crippen LogP contribution in [0.15, 0.2) is 57.9 Å². The molecule has 0 bridgehead atoms. The molecule has 4 N–H and O–H groups in total. The van der Waals surface area contributed by atoms with Crippen LogP contribution < -0.4 is 9.62 Å². The molecule has 218 valence electrons. The van der Waals surface area contributed by atoms with Gasteiger partial charge in [-0.2, -0.15) is 9.98 Å². The molecule has 2 fully saturated rings. The lowest BCUT2D eigenvalue weighted by molar-refractivity contribution is -0.244. The van der Waals surface area contributed by atoms with Gasteiger partial charge in [-0.1, -0.05) is 25.1 Å². The van der Waals surface area contributed by atoms with E-state index in [4.69, 9.17) is 13.9 Å². The molecular formula is C29H33N3O8S. The molecule has 0 spiro atoms. The number of nitrogens with one attached hydrogen (secondary N) is 1. The van der Waals surface area contributed by atoms with Crippen LogP contribution in [0.2, 0.25) is 0 Å². The molecule has 12 heteroatoms. The first kappa shape index (κ1) is 29.2. The minimum absolute atomic E-state index is 0.0369. The number of fused-ring (bicyclic) bond motifs is 1. The third-order valence-electron chi connectivity index (χ3n) is 7.58. The molecule has 5 atom stereocenters. The zero-order valence-corrected chi connectivity index (χ0v) is 23.5. The number of furan rings is 1. The molecule has 0 saturated carbocycles. The maximum Gasteiger partial charge on any atom is 0.251 e. The van der Waals surface area contributed by atoms with Crippen LogP contribution in [-0.2, 0) is 19.5 Å². The molecule has 11 nitrogen and oxygen atoms in total. The monoisotopic (exact) mass is 583 g/mol. The second-order valence-corrected chi connectivity index (χ2v) is 11.8. The minimum atomic E-state index is -4.55. The first-order valence-corrected chi connectivity index (χ1v) is 14.9. The quantitative estimate of drug-likeness (QED) is 0.303. The number of benzene rings is 2. The van der Waals surface area contributed by atoms with Crippen molar-refractivity contribution in [1.82, 2.24) is 4.72 Å². The summed E-state index contributed by atoms with van der Waals surface area (Å²) in [6, 6.07) is 15.5. The van der Waals surface area contributed by atoms with Gasteiger partial charge in [-0.15, -0.1) is 0 Å². The van der Waals surface area contributed by atoms with Crippen LogP contribution in [-0.4, -0.2) is 80.7 Å². The molecule has 2 aliphatic heterocycles. The topological polar surface area (TPSA) is 165 Å². The smallest absolute Gasteiger partial charge is 0.251 e. The second-order valence-electron chi connectivity index (χ2n) is 10.2. The van der Waals surface area contributed by atoms with Crippen molar-refractivity contribution in [3.63, 3.8) is 0 Å². The van der Waals surface area contributed by atoms with E-state index in [2.05, 4.69) is 21.8 Å². The van der Waals surface area contributed by atoms with E-state index in [1.54, 1.807) is 25.1 Å². The Kier molecular flexibility index (Phi) is 8.49. The van der Waals surface area contributed by atoms with Crippen LogP contribution in [0, 0.1) is 11.3 Å². The lowest BCUT2D eigenvalue weighted by atomic mass is 9.96. The summed E-state index contributed by atoms with van der Waals surface area (Å²) in [6.45, 7) is 6.22. The van der Waals surface area contributed by atoms with Crippen molar-refractivity contribution < 1.29 is 37.6 Å². The van der Waals surface area contributed by atoms with E-state index < -0.39 is 45.6 Å². The van der Waals surface area contributed by atoms with E-state index in [0.717, 1.165) is 35.1 Å². The summed E-state index contributed by atoms with van der Waals surface area (Å²) in [5.41, 5.74) is 1.95. The fraction of sp³-hybridized carbons (Fsp3) is 0.414. The van der Waals surface area contributed by atoms with E-state index in [0.29, 0.717) is 25.4 Å². The molecule has 41 heavy (non-hydrogen) atoms. The highest BCUT2D eigenvalue weighted by atomic mass is 32.2. The number of nitrogens with zero attached hydrogens (tertiary/aromatic N) is 2.